The molecule has 2 heteroatoms. The molecule has 1 aromatic carbocycles. The smallest absolute Gasteiger partial charge is 0.0239 e. The van der Waals surface area contributed by atoms with Gasteiger partial charge in [-0.3, -0.25) is 4.90 Å². The van der Waals surface area contributed by atoms with Gasteiger partial charge >= 0.3 is 0 Å². The molecule has 1 N–H and O–H groups in total. The molecule has 1 aromatic rings. The molecule has 0 radical (unpaired) electrons. The number of hydrogen-bond donors (Lipinski definition) is 1. The van der Waals surface area contributed by atoms with E-state index in [0.717, 1.165) is 19.6 Å². The van der Waals surface area contributed by atoms with Crippen LogP contribution < -0.4 is 5.32 Å². The summed E-state index contributed by atoms with van der Waals surface area (Å²) >= 11 is 0. The van der Waals surface area contributed by atoms with Crippen LogP contribution >= 0.6 is 0 Å². The van der Waals surface area contributed by atoms with Crippen LogP contribution in [0.25, 0.3) is 0 Å². The number of likely N-dealkylation sites (N-methyl/N-ethyl adjacent to an activating group) is 1. The van der Waals surface area contributed by atoms with Crippen LogP contribution in [0.15, 0.2) is 18.2 Å². The predicted octanol–water partition coefficient (Wildman–Crippen LogP) is 3.27. The van der Waals surface area contributed by atoms with Crippen molar-refractivity contribution in [3.63, 3.8) is 0 Å². The number of benzene rings is 1. The molecule has 0 bridgehead atoms. The summed E-state index contributed by atoms with van der Waals surface area (Å²) in [5.41, 5.74) is 4.31. The van der Waals surface area contributed by atoms with Crippen LogP contribution in [-0.2, 0) is 6.54 Å². The molecule has 1 unspecified atom stereocenters. The lowest BCUT2D eigenvalue weighted by Crippen LogP contribution is -2.45. The van der Waals surface area contributed by atoms with E-state index in [0.29, 0.717) is 6.04 Å². The maximum Gasteiger partial charge on any atom is 0.0239 e. The summed E-state index contributed by atoms with van der Waals surface area (Å²) in [7, 11) is 0. The molecule has 19 heavy (non-hydrogen) atoms. The van der Waals surface area contributed by atoms with Gasteiger partial charge in [-0.25, -0.2) is 0 Å². The second-order valence-corrected chi connectivity index (χ2v) is 5.86. The van der Waals surface area contributed by atoms with E-state index in [-0.39, 0.29) is 0 Å². The Hall–Kier alpha value is -0.860. The molecule has 0 saturated carbocycles. The second-order valence-electron chi connectivity index (χ2n) is 5.86. The average Bonchev–Trinajstić information content (AvgIpc) is 2.42. The highest BCUT2D eigenvalue weighted by atomic mass is 15.2. The minimum atomic E-state index is 0.716. The zero-order valence-electron chi connectivity index (χ0n) is 12.7. The lowest BCUT2D eigenvalue weighted by Gasteiger charge is -2.36. The largest absolute Gasteiger partial charge is 0.315 e. The summed E-state index contributed by atoms with van der Waals surface area (Å²) in [4.78, 5) is 2.67. The molecule has 1 saturated heterocycles. The average molecular weight is 260 g/mol. The summed E-state index contributed by atoms with van der Waals surface area (Å²) in [5, 5.41) is 3.52. The fraction of sp³-hybridized carbons (Fsp3) is 0.647. The first-order valence-corrected chi connectivity index (χ1v) is 7.71. The molecule has 106 valence electrons. The number of nitrogens with one attached hydrogen (secondary N) is 1. The van der Waals surface area contributed by atoms with Gasteiger partial charge in [0.2, 0.25) is 0 Å². The molecule has 1 aliphatic heterocycles. The highest BCUT2D eigenvalue weighted by Gasteiger charge is 2.22. The molecule has 2 nitrogen and oxygen atoms in total. The van der Waals surface area contributed by atoms with E-state index in [1.165, 1.54) is 42.5 Å². The predicted molar refractivity (Wildman–Crippen MR) is 82.5 cm³/mol. The maximum absolute atomic E-state index is 3.52. The van der Waals surface area contributed by atoms with Crippen molar-refractivity contribution in [2.45, 2.75) is 52.6 Å². The van der Waals surface area contributed by atoms with Gasteiger partial charge < -0.3 is 5.32 Å². The van der Waals surface area contributed by atoms with Gasteiger partial charge in [-0.15, -0.1) is 0 Å². The van der Waals surface area contributed by atoms with Gasteiger partial charge in [0.15, 0.2) is 0 Å². The van der Waals surface area contributed by atoms with E-state index in [2.05, 4.69) is 49.2 Å². The first-order chi connectivity index (χ1) is 9.20. The molecular weight excluding hydrogens is 232 g/mol. The highest BCUT2D eigenvalue weighted by Crippen LogP contribution is 2.21. The Morgan fingerprint density at radius 2 is 2.11 bits per heavy atom. The summed E-state index contributed by atoms with van der Waals surface area (Å²) in [6.07, 6.45) is 4.09. The van der Waals surface area contributed by atoms with Crippen molar-refractivity contribution in [2.24, 2.45) is 0 Å². The summed E-state index contributed by atoms with van der Waals surface area (Å²) in [5.74, 6) is 0. The molecule has 1 aliphatic rings. The van der Waals surface area contributed by atoms with E-state index in [1.807, 2.05) is 0 Å². The molecule has 0 aliphatic carbocycles. The van der Waals surface area contributed by atoms with E-state index in [1.54, 1.807) is 0 Å². The third-order valence-electron chi connectivity index (χ3n) is 4.26. The Morgan fingerprint density at radius 3 is 2.89 bits per heavy atom. The molecule has 0 aromatic heterocycles. The lowest BCUT2D eigenvalue weighted by molar-refractivity contribution is 0.138. The molecule has 1 atom stereocenters. The van der Waals surface area contributed by atoms with Gasteiger partial charge in [0.25, 0.3) is 0 Å². The van der Waals surface area contributed by atoms with Crippen LogP contribution in [-0.4, -0.2) is 30.6 Å². The first-order valence-electron chi connectivity index (χ1n) is 7.71. The van der Waals surface area contributed by atoms with Crippen molar-refractivity contribution in [2.75, 3.05) is 19.6 Å². The van der Waals surface area contributed by atoms with Gasteiger partial charge in [-0.05, 0) is 50.9 Å². The zero-order chi connectivity index (χ0) is 13.7. The minimum Gasteiger partial charge on any atom is -0.315 e. The van der Waals surface area contributed by atoms with Gasteiger partial charge in [0.05, 0.1) is 0 Å². The Kier molecular flexibility index (Phi) is 5.41. The summed E-state index contributed by atoms with van der Waals surface area (Å²) in [6.45, 7) is 11.2. The minimum absolute atomic E-state index is 0.716. The molecule has 1 heterocycles. The Bertz CT molecular complexity index is 400. The number of likely N-dealkylation sites (tertiary alicyclic amines) is 1. The van der Waals surface area contributed by atoms with E-state index >= 15 is 0 Å². The van der Waals surface area contributed by atoms with Crippen LogP contribution in [0.1, 0.15) is 42.9 Å². The number of rotatable bonds is 5. The van der Waals surface area contributed by atoms with Crippen molar-refractivity contribution in [1.82, 2.24) is 10.2 Å². The molecular formula is C17H28N2. The van der Waals surface area contributed by atoms with Crippen LogP contribution in [0.3, 0.4) is 0 Å². The second kappa shape index (κ2) is 7.06. The number of piperidine rings is 1. The van der Waals surface area contributed by atoms with Crippen LogP contribution in [0.4, 0.5) is 0 Å². The molecule has 1 fully saturated rings. The van der Waals surface area contributed by atoms with Crippen molar-refractivity contribution in [3.8, 4) is 0 Å². The molecule has 2 rings (SSSR count). The Morgan fingerprint density at radius 1 is 1.26 bits per heavy atom. The van der Waals surface area contributed by atoms with Crippen LogP contribution in [0.5, 0.6) is 0 Å². The number of aryl methyl sites for hydroxylation is 2. The van der Waals surface area contributed by atoms with E-state index in [4.69, 9.17) is 0 Å². The summed E-state index contributed by atoms with van der Waals surface area (Å²) in [6, 6.07) is 7.54. The van der Waals surface area contributed by atoms with Gasteiger partial charge in [0.1, 0.15) is 0 Å². The van der Waals surface area contributed by atoms with Gasteiger partial charge in [-0.1, -0.05) is 37.1 Å². The lowest BCUT2D eigenvalue weighted by atomic mass is 9.99. The monoisotopic (exact) mass is 260 g/mol. The standard InChI is InChI=1S/C17H28N2/c1-4-18-12-17-7-5-6-10-19(17)13-16-11-14(2)8-9-15(16)3/h8-9,11,17-18H,4-7,10,12-13H2,1-3H3. The van der Waals surface area contributed by atoms with Gasteiger partial charge in [-0.2, -0.15) is 0 Å². The third kappa shape index (κ3) is 4.05. The number of nitrogens with zero attached hydrogens (tertiary/aromatic N) is 1. The molecule has 0 amide bonds. The Labute approximate surface area is 118 Å². The van der Waals surface area contributed by atoms with E-state index < -0.39 is 0 Å². The number of hydrogen-bond acceptors (Lipinski definition) is 2. The SMILES string of the molecule is CCNCC1CCCCN1Cc1cc(C)ccc1C. The zero-order valence-corrected chi connectivity index (χ0v) is 12.7. The van der Waals surface area contributed by atoms with Crippen molar-refractivity contribution < 1.29 is 0 Å². The van der Waals surface area contributed by atoms with Crippen LogP contribution in [0, 0.1) is 13.8 Å². The Balaban J connectivity index is 2.04. The summed E-state index contributed by atoms with van der Waals surface area (Å²) < 4.78 is 0. The maximum atomic E-state index is 3.52. The van der Waals surface area contributed by atoms with Gasteiger partial charge in [0, 0.05) is 19.1 Å². The van der Waals surface area contributed by atoms with Crippen molar-refractivity contribution in [3.05, 3.63) is 34.9 Å². The van der Waals surface area contributed by atoms with Crippen molar-refractivity contribution >= 4 is 0 Å². The third-order valence-corrected chi connectivity index (χ3v) is 4.26. The van der Waals surface area contributed by atoms with E-state index in [9.17, 15) is 0 Å². The fourth-order valence-electron chi connectivity index (χ4n) is 3.00. The van der Waals surface area contributed by atoms with Crippen LogP contribution in [0.2, 0.25) is 0 Å². The fourth-order valence-corrected chi connectivity index (χ4v) is 3.00. The highest BCUT2D eigenvalue weighted by molar-refractivity contribution is 5.30. The van der Waals surface area contributed by atoms with Crippen molar-refractivity contribution in [1.29, 1.82) is 0 Å². The first kappa shape index (κ1) is 14.5. The quantitative estimate of drug-likeness (QED) is 0.874. The topological polar surface area (TPSA) is 15.3 Å². The normalized spacial score (nSPS) is 20.7. The molecule has 0 spiro atoms.